The van der Waals surface area contributed by atoms with Crippen LogP contribution in [0.15, 0.2) is 66.7 Å². The molecule has 0 saturated carbocycles. The van der Waals surface area contributed by atoms with Gasteiger partial charge in [-0.25, -0.2) is 15.0 Å². The molecule has 3 heterocycles. The summed E-state index contributed by atoms with van der Waals surface area (Å²) in [4.78, 5) is 14.9. The lowest BCUT2D eigenvalue weighted by Crippen LogP contribution is -2.05. The van der Waals surface area contributed by atoms with E-state index in [9.17, 15) is 0 Å². The van der Waals surface area contributed by atoms with Gasteiger partial charge < -0.3 is 9.13 Å². The minimum Gasteiger partial charge on any atom is -0.323 e. The zero-order chi connectivity index (χ0) is 21.9. The molecule has 0 aliphatic carbocycles. The van der Waals surface area contributed by atoms with Crippen LogP contribution in [-0.2, 0) is 13.1 Å². The molecular weight excluding hydrogens is 434 g/mol. The van der Waals surface area contributed by atoms with E-state index in [1.54, 1.807) is 0 Å². The Balaban J connectivity index is 1.64. The topological polar surface area (TPSA) is 48.5 Å². The summed E-state index contributed by atoms with van der Waals surface area (Å²) in [6.07, 6.45) is 1.94. The van der Waals surface area contributed by atoms with Crippen molar-refractivity contribution in [3.8, 4) is 23.0 Å². The maximum atomic E-state index is 5.04. The summed E-state index contributed by atoms with van der Waals surface area (Å²) < 4.78 is 4.50. The smallest absolute Gasteiger partial charge is 0.159 e. The Labute approximate surface area is 198 Å². The molecule has 5 aromatic rings. The molecule has 32 heavy (non-hydrogen) atoms. The maximum Gasteiger partial charge on any atom is 0.159 e. The van der Waals surface area contributed by atoms with Crippen LogP contribution in [0.2, 0.25) is 0 Å². The SMILES string of the molecule is SCCCn1c(-c2cccc(-c3nc4ccccc4n3CCCS)n2)nc2ccccc21. The van der Waals surface area contributed by atoms with Crippen LogP contribution >= 0.6 is 25.3 Å². The summed E-state index contributed by atoms with van der Waals surface area (Å²) in [5.74, 6) is 3.42. The lowest BCUT2D eigenvalue weighted by Gasteiger charge is -2.11. The number of hydrogen-bond acceptors (Lipinski definition) is 5. The van der Waals surface area contributed by atoms with Crippen LogP contribution in [0.3, 0.4) is 0 Å². The lowest BCUT2D eigenvalue weighted by atomic mass is 10.2. The summed E-state index contributed by atoms with van der Waals surface area (Å²) >= 11 is 8.82. The van der Waals surface area contributed by atoms with Crippen LogP contribution in [0.4, 0.5) is 0 Å². The van der Waals surface area contributed by atoms with Gasteiger partial charge in [0.05, 0.1) is 22.1 Å². The minimum atomic E-state index is 0.828. The van der Waals surface area contributed by atoms with Gasteiger partial charge in [0.25, 0.3) is 0 Å². The van der Waals surface area contributed by atoms with Crippen LogP contribution in [-0.4, -0.2) is 35.6 Å². The molecular formula is C25H25N5S2. The van der Waals surface area contributed by atoms with Crippen LogP contribution in [0.1, 0.15) is 12.8 Å². The van der Waals surface area contributed by atoms with Crippen molar-refractivity contribution in [1.29, 1.82) is 0 Å². The van der Waals surface area contributed by atoms with Crippen LogP contribution in [0.25, 0.3) is 45.1 Å². The Hall–Kier alpha value is -2.77. The van der Waals surface area contributed by atoms with E-state index in [0.29, 0.717) is 0 Å². The molecule has 5 nitrogen and oxygen atoms in total. The van der Waals surface area contributed by atoms with Gasteiger partial charge in [-0.05, 0) is 60.7 Å². The van der Waals surface area contributed by atoms with Gasteiger partial charge in [0.1, 0.15) is 11.4 Å². The fourth-order valence-electron chi connectivity index (χ4n) is 4.14. The van der Waals surface area contributed by atoms with Gasteiger partial charge in [-0.1, -0.05) is 30.3 Å². The molecule has 3 aromatic heterocycles. The molecule has 0 radical (unpaired) electrons. The summed E-state index contributed by atoms with van der Waals surface area (Å²) in [6, 6.07) is 22.6. The molecule has 162 valence electrons. The minimum absolute atomic E-state index is 0.828. The van der Waals surface area contributed by atoms with Gasteiger partial charge in [0.2, 0.25) is 0 Å². The molecule has 0 atom stereocenters. The van der Waals surface area contributed by atoms with Crippen molar-refractivity contribution in [2.75, 3.05) is 11.5 Å². The first kappa shape index (κ1) is 21.1. The number of benzene rings is 2. The number of hydrogen-bond donors (Lipinski definition) is 2. The summed E-state index contributed by atoms with van der Waals surface area (Å²) in [7, 11) is 0. The quantitative estimate of drug-likeness (QED) is 0.290. The molecule has 5 rings (SSSR count). The average Bonchev–Trinajstić information content (AvgIpc) is 3.40. The number of aromatic nitrogens is 5. The predicted molar refractivity (Wildman–Crippen MR) is 139 cm³/mol. The van der Waals surface area contributed by atoms with Gasteiger partial charge in [-0.15, -0.1) is 0 Å². The van der Waals surface area contributed by atoms with E-state index in [1.165, 1.54) is 0 Å². The Morgan fingerprint density at radius 2 is 1.03 bits per heavy atom. The van der Waals surface area contributed by atoms with Gasteiger partial charge in [-0.2, -0.15) is 25.3 Å². The van der Waals surface area contributed by atoms with Gasteiger partial charge in [0.15, 0.2) is 11.6 Å². The average molecular weight is 460 g/mol. The standard InChI is InChI=1S/C25H25N5S2/c31-16-6-14-29-22-12-3-1-8-18(22)27-24(29)20-10-5-11-21(26-20)25-28-19-9-2-4-13-23(19)30(25)15-7-17-32/h1-5,8-13,31-32H,6-7,14-17H2. The summed E-state index contributed by atoms with van der Waals surface area (Å²) in [5, 5.41) is 0. The Bertz CT molecular complexity index is 1270. The van der Waals surface area contributed by atoms with Crippen molar-refractivity contribution in [2.45, 2.75) is 25.9 Å². The summed E-state index contributed by atoms with van der Waals surface area (Å²) in [5.41, 5.74) is 5.91. The first-order valence-corrected chi connectivity index (χ1v) is 12.2. The predicted octanol–water partition coefficient (Wildman–Crippen LogP) is 5.75. The molecule has 0 N–H and O–H groups in total. The van der Waals surface area contributed by atoms with E-state index in [-0.39, 0.29) is 0 Å². The number of pyridine rings is 1. The fraction of sp³-hybridized carbons (Fsp3) is 0.240. The first-order valence-electron chi connectivity index (χ1n) is 10.9. The largest absolute Gasteiger partial charge is 0.323 e. The Morgan fingerprint density at radius 3 is 1.50 bits per heavy atom. The number of rotatable bonds is 8. The van der Waals surface area contributed by atoms with E-state index < -0.39 is 0 Å². The molecule has 7 heteroatoms. The van der Waals surface area contributed by atoms with Gasteiger partial charge in [-0.3, -0.25) is 0 Å². The number of fused-ring (bicyclic) bond motifs is 2. The molecule has 0 saturated heterocycles. The van der Waals surface area contributed by atoms with Crippen LogP contribution in [0.5, 0.6) is 0 Å². The molecule has 0 aliphatic rings. The highest BCUT2D eigenvalue weighted by molar-refractivity contribution is 7.80. The Morgan fingerprint density at radius 1 is 0.562 bits per heavy atom. The van der Waals surface area contributed by atoms with Gasteiger partial charge >= 0.3 is 0 Å². The fourth-order valence-corrected chi connectivity index (χ4v) is 4.42. The lowest BCUT2D eigenvalue weighted by molar-refractivity contribution is 0.706. The Kier molecular flexibility index (Phi) is 6.19. The maximum absolute atomic E-state index is 5.04. The monoisotopic (exact) mass is 459 g/mol. The van der Waals surface area contributed by atoms with Crippen molar-refractivity contribution >= 4 is 47.3 Å². The van der Waals surface area contributed by atoms with E-state index >= 15 is 0 Å². The normalized spacial score (nSPS) is 11.6. The molecule has 0 fully saturated rings. The van der Waals surface area contributed by atoms with E-state index in [2.05, 4.69) is 70.8 Å². The van der Waals surface area contributed by atoms with E-state index in [4.69, 9.17) is 15.0 Å². The number of nitrogens with zero attached hydrogens (tertiary/aromatic N) is 5. The molecule has 0 spiro atoms. The van der Waals surface area contributed by atoms with Crippen molar-refractivity contribution in [3.63, 3.8) is 0 Å². The highest BCUT2D eigenvalue weighted by Crippen LogP contribution is 2.28. The number of imidazole rings is 2. The van der Waals surface area contributed by atoms with Crippen molar-refractivity contribution < 1.29 is 0 Å². The third-order valence-electron chi connectivity index (χ3n) is 5.60. The number of para-hydroxylation sites is 4. The summed E-state index contributed by atoms with van der Waals surface area (Å²) in [6.45, 7) is 1.71. The molecule has 0 unspecified atom stereocenters. The zero-order valence-electron chi connectivity index (χ0n) is 17.7. The molecule has 0 aliphatic heterocycles. The number of aryl methyl sites for hydroxylation is 2. The molecule has 2 aromatic carbocycles. The number of thiol groups is 2. The highest BCUT2D eigenvalue weighted by Gasteiger charge is 2.17. The zero-order valence-corrected chi connectivity index (χ0v) is 19.5. The second-order valence-electron chi connectivity index (χ2n) is 7.71. The van der Waals surface area contributed by atoms with Crippen molar-refractivity contribution in [3.05, 3.63) is 66.7 Å². The third-order valence-corrected chi connectivity index (χ3v) is 6.23. The van der Waals surface area contributed by atoms with Crippen LogP contribution < -0.4 is 0 Å². The van der Waals surface area contributed by atoms with Crippen molar-refractivity contribution in [2.24, 2.45) is 0 Å². The highest BCUT2D eigenvalue weighted by atomic mass is 32.1. The van der Waals surface area contributed by atoms with E-state index in [1.807, 2.05) is 30.3 Å². The van der Waals surface area contributed by atoms with Gasteiger partial charge in [0, 0.05) is 13.1 Å². The molecule has 0 bridgehead atoms. The molecule has 0 amide bonds. The second kappa shape index (κ2) is 9.38. The second-order valence-corrected chi connectivity index (χ2v) is 8.61. The van der Waals surface area contributed by atoms with Crippen molar-refractivity contribution in [1.82, 2.24) is 24.1 Å². The van der Waals surface area contributed by atoms with Crippen LogP contribution in [0, 0.1) is 0 Å². The first-order chi connectivity index (χ1) is 15.8. The third kappa shape index (κ3) is 3.91. The van der Waals surface area contributed by atoms with E-state index in [0.717, 1.165) is 82.5 Å².